The fraction of sp³-hybridized carbons (Fsp3) is 0.219. The highest BCUT2D eigenvalue weighted by atomic mass is 32.2. The van der Waals surface area contributed by atoms with Gasteiger partial charge in [-0.05, 0) is 59.5 Å². The molecule has 0 aliphatic rings. The summed E-state index contributed by atoms with van der Waals surface area (Å²) in [6.07, 6.45) is 2.04. The van der Waals surface area contributed by atoms with E-state index in [1.807, 2.05) is 12.1 Å². The number of nitrogens with zero attached hydrogens (tertiary/aromatic N) is 2. The van der Waals surface area contributed by atoms with Gasteiger partial charge in [0.25, 0.3) is 0 Å². The Morgan fingerprint density at radius 3 is 2.19 bits per heavy atom. The molecule has 0 fully saturated rings. The molecule has 1 atom stereocenters. The fourth-order valence-electron chi connectivity index (χ4n) is 4.50. The summed E-state index contributed by atoms with van der Waals surface area (Å²) in [6.45, 7) is 2.25. The van der Waals surface area contributed by atoms with Crippen LogP contribution in [0.5, 0.6) is 0 Å². The molecule has 2 N–H and O–H groups in total. The summed E-state index contributed by atoms with van der Waals surface area (Å²) in [4.78, 5) is 33.5. The van der Waals surface area contributed by atoms with Crippen LogP contribution in [0.3, 0.4) is 0 Å². The summed E-state index contributed by atoms with van der Waals surface area (Å²) in [7, 11) is -3.59. The predicted octanol–water partition coefficient (Wildman–Crippen LogP) is 4.54. The number of carbonyl (C=O) groups is 2. The highest BCUT2D eigenvalue weighted by molar-refractivity contribution is 7.89. The highest BCUT2D eigenvalue weighted by Crippen LogP contribution is 2.25. The van der Waals surface area contributed by atoms with Gasteiger partial charge < -0.3 is 10.2 Å². The van der Waals surface area contributed by atoms with E-state index < -0.39 is 21.9 Å². The average molecular weight is 589 g/mol. The number of sulfonamides is 1. The van der Waals surface area contributed by atoms with E-state index in [1.165, 1.54) is 29.2 Å². The second-order valence-corrected chi connectivity index (χ2v) is 11.4. The molecule has 2 amide bonds. The minimum Gasteiger partial charge on any atom is -0.348 e. The molecule has 42 heavy (non-hydrogen) atoms. The van der Waals surface area contributed by atoms with E-state index in [4.69, 9.17) is 0 Å². The van der Waals surface area contributed by atoms with E-state index in [9.17, 15) is 22.4 Å². The summed E-state index contributed by atoms with van der Waals surface area (Å²) in [5.74, 6) is -1.06. The summed E-state index contributed by atoms with van der Waals surface area (Å²) < 4.78 is 40.7. The molecule has 0 aliphatic heterocycles. The van der Waals surface area contributed by atoms with Crippen molar-refractivity contribution in [2.45, 2.75) is 43.8 Å². The molecule has 0 spiro atoms. The number of nitrogens with one attached hydrogen (secondary N) is 2. The normalized spacial score (nSPS) is 12.0. The maximum absolute atomic E-state index is 13.8. The summed E-state index contributed by atoms with van der Waals surface area (Å²) in [5.41, 5.74) is 2.75. The number of halogens is 1. The smallest absolute Gasteiger partial charge is 0.247 e. The van der Waals surface area contributed by atoms with E-state index in [-0.39, 0.29) is 42.8 Å². The Morgan fingerprint density at radius 2 is 1.55 bits per heavy atom. The average Bonchev–Trinajstić information content (AvgIpc) is 3.01. The van der Waals surface area contributed by atoms with Crippen molar-refractivity contribution < 1.29 is 22.4 Å². The SMILES string of the molecule is CCNS(=O)(=O)c1ccc(CCC(=O)N(Cc2ccc(F)cc2)C(C(=O)NCc2ccccn2)c2ccccc2)cc1. The molecule has 0 saturated carbocycles. The molecule has 10 heteroatoms. The molecule has 218 valence electrons. The van der Waals surface area contributed by atoms with Crippen molar-refractivity contribution in [2.24, 2.45) is 0 Å². The Morgan fingerprint density at radius 1 is 0.881 bits per heavy atom. The van der Waals surface area contributed by atoms with Gasteiger partial charge in [0.1, 0.15) is 11.9 Å². The van der Waals surface area contributed by atoms with E-state index >= 15 is 0 Å². The fourth-order valence-corrected chi connectivity index (χ4v) is 5.54. The number of hydrogen-bond acceptors (Lipinski definition) is 5. The number of carbonyl (C=O) groups excluding carboxylic acids is 2. The van der Waals surface area contributed by atoms with Crippen molar-refractivity contribution in [1.29, 1.82) is 0 Å². The van der Waals surface area contributed by atoms with Crippen molar-refractivity contribution >= 4 is 21.8 Å². The van der Waals surface area contributed by atoms with Gasteiger partial charge in [-0.3, -0.25) is 14.6 Å². The predicted molar refractivity (Wildman–Crippen MR) is 158 cm³/mol. The molecule has 3 aromatic carbocycles. The molecular formula is C32H33FN4O4S. The first-order valence-electron chi connectivity index (χ1n) is 13.6. The zero-order valence-corrected chi connectivity index (χ0v) is 24.1. The number of amides is 2. The number of rotatable bonds is 13. The number of aromatic nitrogens is 1. The summed E-state index contributed by atoms with van der Waals surface area (Å²) >= 11 is 0. The lowest BCUT2D eigenvalue weighted by atomic mass is 10.0. The number of hydrogen-bond donors (Lipinski definition) is 2. The first-order valence-corrected chi connectivity index (χ1v) is 15.1. The maximum atomic E-state index is 13.8. The van der Waals surface area contributed by atoms with E-state index in [0.29, 0.717) is 23.2 Å². The molecule has 1 unspecified atom stereocenters. The Kier molecular flexibility index (Phi) is 10.5. The topological polar surface area (TPSA) is 108 Å². The van der Waals surface area contributed by atoms with Crippen molar-refractivity contribution in [3.05, 3.63) is 131 Å². The molecule has 0 radical (unpaired) electrons. The summed E-state index contributed by atoms with van der Waals surface area (Å²) in [6, 6.07) is 25.7. The molecule has 0 saturated heterocycles. The quantitative estimate of drug-likeness (QED) is 0.239. The lowest BCUT2D eigenvalue weighted by Crippen LogP contribution is -2.43. The van der Waals surface area contributed by atoms with Gasteiger partial charge >= 0.3 is 0 Å². The Hall–Kier alpha value is -4.41. The van der Waals surface area contributed by atoms with Crippen LogP contribution in [-0.4, -0.2) is 36.7 Å². The van der Waals surface area contributed by atoms with Gasteiger partial charge in [-0.25, -0.2) is 17.5 Å². The first-order chi connectivity index (χ1) is 20.3. The van der Waals surface area contributed by atoms with Crippen molar-refractivity contribution in [3.63, 3.8) is 0 Å². The van der Waals surface area contributed by atoms with Crippen LogP contribution < -0.4 is 10.0 Å². The maximum Gasteiger partial charge on any atom is 0.247 e. The second kappa shape index (κ2) is 14.5. The van der Waals surface area contributed by atoms with Gasteiger partial charge in [-0.1, -0.05) is 67.6 Å². The Balaban J connectivity index is 1.59. The lowest BCUT2D eigenvalue weighted by Gasteiger charge is -2.32. The van der Waals surface area contributed by atoms with Gasteiger partial charge in [-0.15, -0.1) is 0 Å². The van der Waals surface area contributed by atoms with Gasteiger partial charge in [0.2, 0.25) is 21.8 Å². The van der Waals surface area contributed by atoms with E-state index in [1.54, 1.807) is 73.8 Å². The zero-order valence-electron chi connectivity index (χ0n) is 23.2. The molecular weight excluding hydrogens is 555 g/mol. The number of benzene rings is 3. The largest absolute Gasteiger partial charge is 0.348 e. The van der Waals surface area contributed by atoms with Crippen molar-refractivity contribution in [1.82, 2.24) is 19.9 Å². The van der Waals surface area contributed by atoms with Crippen molar-refractivity contribution in [2.75, 3.05) is 6.54 Å². The molecule has 0 bridgehead atoms. The molecule has 1 heterocycles. The monoisotopic (exact) mass is 588 g/mol. The van der Waals surface area contributed by atoms with Gasteiger partial charge in [-0.2, -0.15) is 0 Å². The third-order valence-electron chi connectivity index (χ3n) is 6.63. The standard InChI is InChI=1S/C32H33FN4O4S/c1-2-36-42(40,41)29-18-13-24(14-19-29)15-20-30(38)37(23-25-11-16-27(33)17-12-25)31(26-8-4-3-5-9-26)32(39)35-22-28-10-6-7-21-34-28/h3-14,16-19,21,31,36H,2,15,20,22-23H2,1H3,(H,35,39). The zero-order chi connectivity index (χ0) is 30.0. The van der Waals surface area contributed by atoms with Crippen LogP contribution in [0.2, 0.25) is 0 Å². The second-order valence-electron chi connectivity index (χ2n) is 9.65. The van der Waals surface area contributed by atoms with Crippen LogP contribution in [0.4, 0.5) is 4.39 Å². The lowest BCUT2D eigenvalue weighted by molar-refractivity contribution is -0.141. The van der Waals surface area contributed by atoms with Crippen LogP contribution in [0.15, 0.2) is 108 Å². The molecule has 4 aromatic rings. The van der Waals surface area contributed by atoms with Crippen LogP contribution in [-0.2, 0) is 39.1 Å². The van der Waals surface area contributed by atoms with Crippen LogP contribution >= 0.6 is 0 Å². The van der Waals surface area contributed by atoms with Gasteiger partial charge in [0.05, 0.1) is 17.1 Å². The molecule has 8 nitrogen and oxygen atoms in total. The highest BCUT2D eigenvalue weighted by Gasteiger charge is 2.31. The summed E-state index contributed by atoms with van der Waals surface area (Å²) in [5, 5.41) is 2.91. The van der Waals surface area contributed by atoms with Gasteiger partial charge in [0, 0.05) is 25.7 Å². The third kappa shape index (κ3) is 8.31. The molecule has 4 rings (SSSR count). The van der Waals surface area contributed by atoms with E-state index in [0.717, 1.165) is 5.56 Å². The molecule has 1 aromatic heterocycles. The first kappa shape index (κ1) is 30.5. The Bertz CT molecular complexity index is 1570. The number of pyridine rings is 1. The number of aryl methyl sites for hydroxylation is 1. The van der Waals surface area contributed by atoms with Gasteiger partial charge in [0.15, 0.2) is 0 Å². The van der Waals surface area contributed by atoms with Crippen molar-refractivity contribution in [3.8, 4) is 0 Å². The van der Waals surface area contributed by atoms with Crippen LogP contribution in [0.25, 0.3) is 0 Å². The molecule has 0 aliphatic carbocycles. The van der Waals surface area contributed by atoms with E-state index in [2.05, 4.69) is 15.0 Å². The van der Waals surface area contributed by atoms with Crippen LogP contribution in [0, 0.1) is 5.82 Å². The minimum absolute atomic E-state index is 0.0668. The minimum atomic E-state index is -3.59. The third-order valence-corrected chi connectivity index (χ3v) is 8.19. The van der Waals surface area contributed by atoms with Crippen LogP contribution in [0.1, 0.15) is 41.8 Å². The Labute approximate surface area is 245 Å².